The summed E-state index contributed by atoms with van der Waals surface area (Å²) < 4.78 is 44.3. The van der Waals surface area contributed by atoms with E-state index in [1.165, 1.54) is 38.2 Å². The van der Waals surface area contributed by atoms with Gasteiger partial charge in [0, 0.05) is 38.3 Å². The van der Waals surface area contributed by atoms with Crippen molar-refractivity contribution in [3.63, 3.8) is 0 Å². The highest BCUT2D eigenvalue weighted by molar-refractivity contribution is 5.92. The highest BCUT2D eigenvalue weighted by atomic mass is 19.2. The fraction of sp³-hybridized carbons (Fsp3) is 0.333. The number of halogens is 2. The number of nitrogens with zero attached hydrogens (tertiary/aromatic N) is 6. The summed E-state index contributed by atoms with van der Waals surface area (Å²) in [7, 11) is 4.60. The maximum Gasteiger partial charge on any atom is 0.246 e. The smallest absolute Gasteiger partial charge is 0.246 e. The third-order valence-corrected chi connectivity index (χ3v) is 5.84. The average Bonchev–Trinajstić information content (AvgIpc) is 3.36. The van der Waals surface area contributed by atoms with Crippen molar-refractivity contribution < 1.29 is 27.8 Å². The molecule has 1 saturated heterocycles. The van der Waals surface area contributed by atoms with E-state index >= 15 is 0 Å². The van der Waals surface area contributed by atoms with Crippen molar-refractivity contribution in [2.75, 3.05) is 47.5 Å². The molecule has 1 aliphatic heterocycles. The van der Waals surface area contributed by atoms with Gasteiger partial charge >= 0.3 is 0 Å². The van der Waals surface area contributed by atoms with E-state index in [0.29, 0.717) is 61.5 Å². The maximum atomic E-state index is 13.6. The van der Waals surface area contributed by atoms with Crippen LogP contribution in [-0.2, 0) is 11.3 Å². The molecule has 1 amide bonds. The average molecular weight is 501 g/mol. The number of methoxy groups -OCH3 is 3. The van der Waals surface area contributed by atoms with Crippen LogP contribution in [-0.4, -0.2) is 83.4 Å². The van der Waals surface area contributed by atoms with E-state index in [2.05, 4.69) is 20.4 Å². The number of aromatic nitrogens is 4. The predicted octanol–water partition coefficient (Wildman–Crippen LogP) is 2.32. The van der Waals surface area contributed by atoms with Crippen LogP contribution in [0.5, 0.6) is 17.2 Å². The lowest BCUT2D eigenvalue weighted by Crippen LogP contribution is -2.48. The molecule has 2 aromatic carbocycles. The fourth-order valence-corrected chi connectivity index (χ4v) is 3.92. The van der Waals surface area contributed by atoms with Gasteiger partial charge in [0.05, 0.1) is 33.6 Å². The molecule has 10 nitrogen and oxygen atoms in total. The van der Waals surface area contributed by atoms with E-state index in [1.54, 1.807) is 23.1 Å². The quantitative estimate of drug-likeness (QED) is 0.435. The summed E-state index contributed by atoms with van der Waals surface area (Å²) in [4.78, 5) is 16.6. The first-order valence-electron chi connectivity index (χ1n) is 11.2. The molecule has 0 saturated carbocycles. The van der Waals surface area contributed by atoms with Crippen molar-refractivity contribution in [2.45, 2.75) is 6.54 Å². The molecule has 1 aromatic heterocycles. The van der Waals surface area contributed by atoms with Crippen molar-refractivity contribution in [2.24, 2.45) is 0 Å². The summed E-state index contributed by atoms with van der Waals surface area (Å²) in [5.41, 5.74) is 1.07. The molecule has 0 atom stereocenters. The normalized spacial score (nSPS) is 14.3. The summed E-state index contributed by atoms with van der Waals surface area (Å²) in [6.07, 6.45) is 3.22. The lowest BCUT2D eigenvalue weighted by atomic mass is 10.1. The van der Waals surface area contributed by atoms with E-state index in [4.69, 9.17) is 14.2 Å². The van der Waals surface area contributed by atoms with Crippen LogP contribution in [0.3, 0.4) is 0 Å². The summed E-state index contributed by atoms with van der Waals surface area (Å²) in [6.45, 7) is 2.65. The number of carbonyl (C=O) groups excluding carboxylic acids is 1. The predicted molar refractivity (Wildman–Crippen MR) is 126 cm³/mol. The monoisotopic (exact) mass is 500 g/mol. The molecule has 0 bridgehead atoms. The Morgan fingerprint density at radius 1 is 0.972 bits per heavy atom. The summed E-state index contributed by atoms with van der Waals surface area (Å²) in [5.74, 6) is -0.0472. The van der Waals surface area contributed by atoms with Crippen LogP contribution >= 0.6 is 0 Å². The number of carbonyl (C=O) groups is 1. The molecule has 0 spiro atoms. The first-order valence-corrected chi connectivity index (χ1v) is 11.2. The summed E-state index contributed by atoms with van der Waals surface area (Å²) in [5, 5.41) is 11.6. The van der Waals surface area contributed by atoms with Gasteiger partial charge in [-0.1, -0.05) is 0 Å². The Labute approximate surface area is 206 Å². The highest BCUT2D eigenvalue weighted by Crippen LogP contribution is 2.38. The van der Waals surface area contributed by atoms with Gasteiger partial charge < -0.3 is 19.1 Å². The van der Waals surface area contributed by atoms with Crippen molar-refractivity contribution >= 4 is 12.0 Å². The van der Waals surface area contributed by atoms with Crippen molar-refractivity contribution in [1.29, 1.82) is 0 Å². The lowest BCUT2D eigenvalue weighted by Gasteiger charge is -2.33. The standard InChI is InChI=1S/C24H26F2N6O4/c1-34-20-12-16(13-21(35-2)24(20)36-3)4-7-23(33)31-10-8-30(9-11-31)15-22-27-28-29-32(22)17-5-6-18(25)19(26)14-17/h4-7,12-14H,8-11,15H2,1-3H3/b7-4-. The van der Waals surface area contributed by atoms with Gasteiger partial charge in [-0.05, 0) is 46.3 Å². The van der Waals surface area contributed by atoms with Gasteiger partial charge in [-0.3, -0.25) is 9.69 Å². The number of rotatable bonds is 8. The zero-order valence-corrected chi connectivity index (χ0v) is 20.1. The van der Waals surface area contributed by atoms with Crippen LogP contribution in [0.15, 0.2) is 36.4 Å². The molecular formula is C24H26F2N6O4. The largest absolute Gasteiger partial charge is 0.493 e. The summed E-state index contributed by atoms with van der Waals surface area (Å²) in [6, 6.07) is 7.02. The Bertz CT molecular complexity index is 1230. The minimum atomic E-state index is -0.972. The molecule has 0 aliphatic carbocycles. The first kappa shape index (κ1) is 25.0. The summed E-state index contributed by atoms with van der Waals surface area (Å²) >= 11 is 0. The van der Waals surface area contributed by atoms with E-state index in [1.807, 2.05) is 0 Å². The molecule has 0 unspecified atom stereocenters. The lowest BCUT2D eigenvalue weighted by molar-refractivity contribution is -0.127. The molecule has 0 radical (unpaired) electrons. The zero-order valence-electron chi connectivity index (χ0n) is 20.1. The van der Waals surface area contributed by atoms with E-state index in [-0.39, 0.29) is 5.91 Å². The number of amides is 1. The molecule has 190 valence electrons. The number of hydrogen-bond donors (Lipinski definition) is 0. The Kier molecular flexibility index (Phi) is 7.74. The van der Waals surface area contributed by atoms with Crippen LogP contribution in [0.2, 0.25) is 0 Å². The molecule has 4 rings (SSSR count). The Hall–Kier alpha value is -4.06. The fourth-order valence-electron chi connectivity index (χ4n) is 3.92. The second-order valence-corrected chi connectivity index (χ2v) is 8.00. The van der Waals surface area contributed by atoms with E-state index in [0.717, 1.165) is 17.7 Å². The third kappa shape index (κ3) is 5.43. The van der Waals surface area contributed by atoms with Gasteiger partial charge in [-0.15, -0.1) is 5.10 Å². The van der Waals surface area contributed by atoms with Crippen molar-refractivity contribution in [1.82, 2.24) is 30.0 Å². The van der Waals surface area contributed by atoms with Crippen LogP contribution in [0, 0.1) is 11.6 Å². The van der Waals surface area contributed by atoms with Gasteiger partial charge in [0.25, 0.3) is 0 Å². The minimum absolute atomic E-state index is 0.116. The second-order valence-electron chi connectivity index (χ2n) is 8.00. The Morgan fingerprint density at radius 3 is 2.28 bits per heavy atom. The molecular weight excluding hydrogens is 474 g/mol. The van der Waals surface area contributed by atoms with Gasteiger partial charge in [0.2, 0.25) is 11.7 Å². The Balaban J connectivity index is 1.36. The second kappa shape index (κ2) is 11.1. The van der Waals surface area contributed by atoms with Crippen LogP contribution in [0.1, 0.15) is 11.4 Å². The molecule has 0 N–H and O–H groups in total. The van der Waals surface area contributed by atoms with Crippen molar-refractivity contribution in [3.05, 3.63) is 59.4 Å². The van der Waals surface area contributed by atoms with Crippen LogP contribution in [0.25, 0.3) is 11.8 Å². The van der Waals surface area contributed by atoms with Crippen LogP contribution in [0.4, 0.5) is 8.78 Å². The van der Waals surface area contributed by atoms with Crippen molar-refractivity contribution in [3.8, 4) is 22.9 Å². The third-order valence-electron chi connectivity index (χ3n) is 5.84. The number of piperazine rings is 1. The number of benzene rings is 2. The molecule has 3 aromatic rings. The number of ether oxygens (including phenoxy) is 3. The molecule has 1 aliphatic rings. The van der Waals surface area contributed by atoms with E-state index in [9.17, 15) is 13.6 Å². The van der Waals surface area contributed by atoms with E-state index < -0.39 is 11.6 Å². The molecule has 36 heavy (non-hydrogen) atoms. The SMILES string of the molecule is COc1cc(/C=C\C(=O)N2CCN(Cc3nnnn3-c3ccc(F)c(F)c3)CC2)cc(OC)c1OC. The molecule has 12 heteroatoms. The number of tetrazole rings is 1. The molecule has 2 heterocycles. The van der Waals surface area contributed by atoms with Crippen LogP contribution < -0.4 is 14.2 Å². The molecule has 1 fully saturated rings. The van der Waals surface area contributed by atoms with Gasteiger partial charge in [-0.25, -0.2) is 8.78 Å². The topological polar surface area (TPSA) is 94.8 Å². The van der Waals surface area contributed by atoms with Gasteiger partial charge in [-0.2, -0.15) is 4.68 Å². The highest BCUT2D eigenvalue weighted by Gasteiger charge is 2.22. The maximum absolute atomic E-state index is 13.6. The minimum Gasteiger partial charge on any atom is -0.493 e. The van der Waals surface area contributed by atoms with Gasteiger partial charge in [0.1, 0.15) is 0 Å². The first-order chi connectivity index (χ1) is 17.4. The Morgan fingerprint density at radius 2 is 1.67 bits per heavy atom. The van der Waals surface area contributed by atoms with Gasteiger partial charge in [0.15, 0.2) is 29.0 Å². The zero-order chi connectivity index (χ0) is 25.7. The number of hydrogen-bond acceptors (Lipinski definition) is 8.